The molecule has 3 aromatic rings. The smallest absolute Gasteiger partial charge is 0.265 e. The maximum absolute atomic E-state index is 14.2. The molecule has 0 spiro atoms. The van der Waals surface area contributed by atoms with Crippen LogP contribution in [0.3, 0.4) is 0 Å². The number of sulfonamides is 1. The third-order valence-electron chi connectivity index (χ3n) is 6.44. The van der Waals surface area contributed by atoms with E-state index < -0.39 is 34.4 Å². The Morgan fingerprint density at radius 2 is 1.48 bits per heavy atom. The summed E-state index contributed by atoms with van der Waals surface area (Å²) in [6.07, 6.45) is 0. The zero-order chi connectivity index (χ0) is 31.2. The van der Waals surface area contributed by atoms with E-state index >= 15 is 0 Å². The monoisotopic (exact) mass is 657 g/mol. The highest BCUT2D eigenvalue weighted by atomic mass is 35.5. The lowest BCUT2D eigenvalue weighted by molar-refractivity contribution is -0.139. The number of halogens is 3. The standard InChI is InChI=1S/C28H30Cl3N3O7S/c1-17(28(36)32-2)33(15-20-21(30)7-6-8-22(20)31)27(35)16-34(23-13-18(29)9-11-24(23)39-3)42(37,38)19-10-12-25(40-4)26(14-19)41-5/h6-14,17H,15-16H2,1-5H3,(H,32,36). The molecular formula is C28H30Cl3N3O7S. The van der Waals surface area contributed by atoms with E-state index in [1.54, 1.807) is 18.2 Å². The molecule has 3 rings (SSSR count). The first-order valence-corrected chi connectivity index (χ1v) is 15.0. The van der Waals surface area contributed by atoms with E-state index in [9.17, 15) is 18.0 Å². The maximum atomic E-state index is 14.2. The van der Waals surface area contributed by atoms with Gasteiger partial charge in [-0.2, -0.15) is 0 Å². The predicted molar refractivity (Wildman–Crippen MR) is 163 cm³/mol. The van der Waals surface area contributed by atoms with Gasteiger partial charge in [0, 0.05) is 40.3 Å². The first kappa shape index (κ1) is 33.1. The summed E-state index contributed by atoms with van der Waals surface area (Å²) in [7, 11) is 1.10. The van der Waals surface area contributed by atoms with Crippen molar-refractivity contribution in [3.8, 4) is 17.2 Å². The molecule has 0 saturated heterocycles. The molecule has 0 aromatic heterocycles. The Morgan fingerprint density at radius 3 is 2.05 bits per heavy atom. The quantitative estimate of drug-likeness (QED) is 0.290. The van der Waals surface area contributed by atoms with Gasteiger partial charge in [0.25, 0.3) is 10.0 Å². The highest BCUT2D eigenvalue weighted by molar-refractivity contribution is 7.92. The minimum absolute atomic E-state index is 0.00328. The lowest BCUT2D eigenvalue weighted by Gasteiger charge is -2.32. The van der Waals surface area contributed by atoms with Gasteiger partial charge in [-0.25, -0.2) is 8.42 Å². The van der Waals surface area contributed by atoms with Gasteiger partial charge in [0.2, 0.25) is 11.8 Å². The summed E-state index contributed by atoms with van der Waals surface area (Å²) >= 11 is 19.0. The number of carbonyl (C=O) groups is 2. The largest absolute Gasteiger partial charge is 0.495 e. The zero-order valence-electron chi connectivity index (χ0n) is 23.5. The molecule has 0 aliphatic rings. The number of hydrogen-bond donors (Lipinski definition) is 1. The molecule has 0 bridgehead atoms. The number of carbonyl (C=O) groups excluding carboxylic acids is 2. The number of methoxy groups -OCH3 is 3. The fourth-order valence-corrected chi connectivity index (χ4v) is 6.24. The van der Waals surface area contributed by atoms with Crippen LogP contribution in [-0.2, 0) is 26.2 Å². The van der Waals surface area contributed by atoms with Gasteiger partial charge >= 0.3 is 0 Å². The van der Waals surface area contributed by atoms with Crippen molar-refractivity contribution in [3.63, 3.8) is 0 Å². The molecule has 0 fully saturated rings. The van der Waals surface area contributed by atoms with Gasteiger partial charge in [0.15, 0.2) is 11.5 Å². The Kier molecular flexibility index (Phi) is 11.2. The van der Waals surface area contributed by atoms with Gasteiger partial charge in [0.1, 0.15) is 18.3 Å². The Labute approximate surface area is 260 Å². The number of likely N-dealkylation sites (N-methyl/N-ethyl adjacent to an activating group) is 1. The SMILES string of the molecule is CNC(=O)C(C)N(Cc1c(Cl)cccc1Cl)C(=O)CN(c1cc(Cl)ccc1OC)S(=O)(=O)c1ccc(OC)c(OC)c1. The molecule has 0 aliphatic carbocycles. The fourth-order valence-electron chi connectivity index (χ4n) is 4.12. The molecule has 0 aliphatic heterocycles. The Hall–Kier alpha value is -3.38. The molecule has 2 amide bonds. The molecule has 1 unspecified atom stereocenters. The Balaban J connectivity index is 2.18. The van der Waals surface area contributed by atoms with Crippen LogP contribution in [0.2, 0.25) is 15.1 Å². The van der Waals surface area contributed by atoms with Gasteiger partial charge in [-0.15, -0.1) is 0 Å². The minimum atomic E-state index is -4.47. The van der Waals surface area contributed by atoms with E-state index in [4.69, 9.17) is 49.0 Å². The Bertz CT molecular complexity index is 1550. The summed E-state index contributed by atoms with van der Waals surface area (Å²) in [5, 5.41) is 3.26. The second-order valence-electron chi connectivity index (χ2n) is 8.86. The highest BCUT2D eigenvalue weighted by Gasteiger charge is 2.34. The summed E-state index contributed by atoms with van der Waals surface area (Å²) in [5.74, 6) is -0.613. The number of amides is 2. The average molecular weight is 659 g/mol. The zero-order valence-corrected chi connectivity index (χ0v) is 26.6. The lowest BCUT2D eigenvalue weighted by Crippen LogP contribution is -2.50. The molecule has 42 heavy (non-hydrogen) atoms. The molecule has 0 radical (unpaired) electrons. The van der Waals surface area contributed by atoms with Gasteiger partial charge in [0.05, 0.1) is 31.9 Å². The van der Waals surface area contributed by atoms with Crippen LogP contribution >= 0.6 is 34.8 Å². The second-order valence-corrected chi connectivity index (χ2v) is 12.0. The normalized spacial score (nSPS) is 11.8. The van der Waals surface area contributed by atoms with Crippen LogP contribution in [0.1, 0.15) is 12.5 Å². The number of ether oxygens (including phenoxy) is 3. The van der Waals surface area contributed by atoms with Crippen molar-refractivity contribution in [2.45, 2.75) is 24.4 Å². The minimum Gasteiger partial charge on any atom is -0.495 e. The van der Waals surface area contributed by atoms with Crippen LogP contribution in [0.5, 0.6) is 17.2 Å². The van der Waals surface area contributed by atoms with Crippen molar-refractivity contribution >= 4 is 62.3 Å². The maximum Gasteiger partial charge on any atom is 0.265 e. The number of hydrogen-bond acceptors (Lipinski definition) is 7. The van der Waals surface area contributed by atoms with Crippen LogP contribution in [0.4, 0.5) is 5.69 Å². The van der Waals surface area contributed by atoms with E-state index in [0.29, 0.717) is 11.3 Å². The van der Waals surface area contributed by atoms with E-state index in [1.807, 2.05) is 0 Å². The summed E-state index contributed by atoms with van der Waals surface area (Å²) < 4.78 is 45.2. The van der Waals surface area contributed by atoms with Crippen LogP contribution in [0.15, 0.2) is 59.5 Å². The van der Waals surface area contributed by atoms with Crippen LogP contribution < -0.4 is 23.8 Å². The molecule has 0 heterocycles. The molecule has 1 N–H and O–H groups in total. The molecule has 0 saturated carbocycles. The third-order valence-corrected chi connectivity index (χ3v) is 9.13. The highest BCUT2D eigenvalue weighted by Crippen LogP contribution is 2.37. The van der Waals surface area contributed by atoms with E-state index in [1.165, 1.54) is 76.6 Å². The molecular weight excluding hydrogens is 629 g/mol. The number of nitrogens with zero attached hydrogens (tertiary/aromatic N) is 2. The molecule has 14 heteroatoms. The van der Waals surface area contributed by atoms with Gasteiger partial charge in [-0.3, -0.25) is 13.9 Å². The van der Waals surface area contributed by atoms with Gasteiger partial charge in [-0.1, -0.05) is 40.9 Å². The Morgan fingerprint density at radius 1 is 0.881 bits per heavy atom. The molecule has 10 nitrogen and oxygen atoms in total. The van der Waals surface area contributed by atoms with Crippen molar-refractivity contribution < 1.29 is 32.2 Å². The lowest BCUT2D eigenvalue weighted by atomic mass is 10.1. The fraction of sp³-hybridized carbons (Fsp3) is 0.286. The molecule has 3 aromatic carbocycles. The first-order chi connectivity index (χ1) is 19.9. The van der Waals surface area contributed by atoms with Gasteiger partial charge in [-0.05, 0) is 49.4 Å². The van der Waals surface area contributed by atoms with Crippen molar-refractivity contribution in [3.05, 3.63) is 75.2 Å². The molecule has 226 valence electrons. The first-order valence-electron chi connectivity index (χ1n) is 12.4. The van der Waals surface area contributed by atoms with E-state index in [-0.39, 0.29) is 43.7 Å². The number of anilines is 1. The molecule has 1 atom stereocenters. The van der Waals surface area contributed by atoms with E-state index in [2.05, 4.69) is 5.32 Å². The number of benzene rings is 3. The van der Waals surface area contributed by atoms with Gasteiger partial charge < -0.3 is 24.4 Å². The third kappa shape index (κ3) is 7.15. The topological polar surface area (TPSA) is 114 Å². The van der Waals surface area contributed by atoms with Crippen molar-refractivity contribution in [1.82, 2.24) is 10.2 Å². The number of nitrogens with one attached hydrogen (secondary N) is 1. The van der Waals surface area contributed by atoms with Crippen molar-refractivity contribution in [2.24, 2.45) is 0 Å². The van der Waals surface area contributed by atoms with Crippen LogP contribution in [0.25, 0.3) is 0 Å². The summed E-state index contributed by atoms with van der Waals surface area (Å²) in [5.41, 5.74) is 0.385. The van der Waals surface area contributed by atoms with Crippen molar-refractivity contribution in [2.75, 3.05) is 39.2 Å². The summed E-state index contributed by atoms with van der Waals surface area (Å²) in [4.78, 5) is 27.7. The van der Waals surface area contributed by atoms with Crippen LogP contribution in [-0.4, -0.2) is 66.1 Å². The van der Waals surface area contributed by atoms with Crippen LogP contribution in [0, 0.1) is 0 Å². The average Bonchev–Trinajstić information content (AvgIpc) is 2.98. The summed E-state index contributed by atoms with van der Waals surface area (Å²) in [6.45, 7) is 0.592. The predicted octanol–water partition coefficient (Wildman–Crippen LogP) is 5.03. The van der Waals surface area contributed by atoms with Crippen molar-refractivity contribution in [1.29, 1.82) is 0 Å². The second kappa shape index (κ2) is 14.2. The van der Waals surface area contributed by atoms with E-state index in [0.717, 1.165) is 4.31 Å². The summed E-state index contributed by atoms with van der Waals surface area (Å²) in [6, 6.07) is 12.2. The number of rotatable bonds is 12.